The summed E-state index contributed by atoms with van der Waals surface area (Å²) < 4.78 is 5.42. The van der Waals surface area contributed by atoms with Crippen LogP contribution in [0.25, 0.3) is 0 Å². The smallest absolute Gasteiger partial charge is 0.0667 e. The fraction of sp³-hybridized carbons (Fsp3) is 0.538. The zero-order chi connectivity index (χ0) is 11.2. The molecule has 1 atom stereocenters. The van der Waals surface area contributed by atoms with Crippen molar-refractivity contribution < 1.29 is 9.84 Å². The summed E-state index contributed by atoms with van der Waals surface area (Å²) in [5, 5.41) is 12.3. The van der Waals surface area contributed by atoms with Gasteiger partial charge in [-0.15, -0.1) is 0 Å². The highest BCUT2D eigenvalue weighted by Gasteiger charge is 2.12. The summed E-state index contributed by atoms with van der Waals surface area (Å²) in [4.78, 5) is 0. The van der Waals surface area contributed by atoms with Gasteiger partial charge in [0.2, 0.25) is 0 Å². The maximum absolute atomic E-state index is 8.82. The van der Waals surface area contributed by atoms with E-state index >= 15 is 0 Å². The lowest BCUT2D eigenvalue weighted by Gasteiger charge is -2.24. The Morgan fingerprint density at radius 3 is 2.75 bits per heavy atom. The van der Waals surface area contributed by atoms with E-state index in [0.717, 1.165) is 31.7 Å². The minimum atomic E-state index is 0.212. The van der Waals surface area contributed by atoms with Crippen LogP contribution in [-0.4, -0.2) is 31.0 Å². The highest BCUT2D eigenvalue weighted by atomic mass is 16.5. The molecule has 2 N–H and O–H groups in total. The number of hydrogen-bond acceptors (Lipinski definition) is 3. The largest absolute Gasteiger partial charge is 0.396 e. The molecule has 1 aliphatic rings. The summed E-state index contributed by atoms with van der Waals surface area (Å²) in [6.45, 7) is 1.91. The fourth-order valence-electron chi connectivity index (χ4n) is 1.99. The van der Waals surface area contributed by atoms with Gasteiger partial charge >= 0.3 is 0 Å². The van der Waals surface area contributed by atoms with E-state index in [1.54, 1.807) is 0 Å². The van der Waals surface area contributed by atoms with Gasteiger partial charge in [0.05, 0.1) is 6.61 Å². The number of hydrogen-bond donors (Lipinski definition) is 2. The summed E-state index contributed by atoms with van der Waals surface area (Å²) >= 11 is 0. The monoisotopic (exact) mass is 221 g/mol. The van der Waals surface area contributed by atoms with Gasteiger partial charge in [-0.25, -0.2) is 0 Å². The van der Waals surface area contributed by atoms with Crippen molar-refractivity contribution in [2.75, 3.05) is 25.1 Å². The molecular weight excluding hydrogens is 202 g/mol. The Balaban J connectivity index is 1.88. The third-order valence-electron chi connectivity index (χ3n) is 2.89. The second kappa shape index (κ2) is 5.87. The molecular formula is C13H19NO2. The number of rotatable bonds is 4. The van der Waals surface area contributed by atoms with Crippen LogP contribution in [0.4, 0.5) is 5.69 Å². The van der Waals surface area contributed by atoms with Crippen LogP contribution in [0.2, 0.25) is 0 Å². The third-order valence-corrected chi connectivity index (χ3v) is 2.89. The van der Waals surface area contributed by atoms with E-state index in [1.165, 1.54) is 12.0 Å². The molecule has 0 bridgehead atoms. The first-order valence-electron chi connectivity index (χ1n) is 5.92. The second-order valence-corrected chi connectivity index (χ2v) is 4.23. The molecule has 88 valence electrons. The molecule has 2 rings (SSSR count). The lowest BCUT2D eigenvalue weighted by atomic mass is 10.1. The Bertz CT molecular complexity index is 304. The van der Waals surface area contributed by atoms with E-state index in [-0.39, 0.29) is 6.61 Å². The quantitative estimate of drug-likeness (QED) is 0.814. The molecule has 0 saturated carbocycles. The summed E-state index contributed by atoms with van der Waals surface area (Å²) in [7, 11) is 0. The van der Waals surface area contributed by atoms with Gasteiger partial charge in [-0.05, 0) is 37.0 Å². The first-order valence-corrected chi connectivity index (χ1v) is 5.92. The fourth-order valence-corrected chi connectivity index (χ4v) is 1.99. The zero-order valence-electron chi connectivity index (χ0n) is 9.48. The predicted molar refractivity (Wildman–Crippen MR) is 64.7 cm³/mol. The van der Waals surface area contributed by atoms with E-state index in [1.807, 2.05) is 0 Å². The molecule has 0 radical (unpaired) electrons. The van der Waals surface area contributed by atoms with Crippen LogP contribution in [-0.2, 0) is 11.2 Å². The average molecular weight is 221 g/mol. The van der Waals surface area contributed by atoms with E-state index in [0.29, 0.717) is 6.04 Å². The molecule has 1 aliphatic heterocycles. The molecule has 0 aliphatic carbocycles. The molecule has 0 aromatic heterocycles. The van der Waals surface area contributed by atoms with Gasteiger partial charge < -0.3 is 15.2 Å². The highest BCUT2D eigenvalue weighted by molar-refractivity contribution is 5.45. The summed E-state index contributed by atoms with van der Waals surface area (Å²) in [5.41, 5.74) is 2.31. The second-order valence-electron chi connectivity index (χ2n) is 4.23. The van der Waals surface area contributed by atoms with Crippen LogP contribution in [0.5, 0.6) is 0 Å². The van der Waals surface area contributed by atoms with E-state index in [4.69, 9.17) is 9.84 Å². The Kier molecular flexibility index (Phi) is 4.19. The zero-order valence-corrected chi connectivity index (χ0v) is 9.48. The van der Waals surface area contributed by atoms with Crippen LogP contribution in [0.1, 0.15) is 18.4 Å². The number of aliphatic hydroxyl groups excluding tert-OH is 1. The lowest BCUT2D eigenvalue weighted by molar-refractivity contribution is 0.0876. The number of anilines is 1. The molecule has 1 aromatic carbocycles. The van der Waals surface area contributed by atoms with Gasteiger partial charge in [0.25, 0.3) is 0 Å². The maximum Gasteiger partial charge on any atom is 0.0667 e. The highest BCUT2D eigenvalue weighted by Crippen LogP contribution is 2.15. The average Bonchev–Trinajstić information content (AvgIpc) is 2.33. The molecule has 3 nitrogen and oxygen atoms in total. The number of ether oxygens (including phenoxy) is 1. The lowest BCUT2D eigenvalue weighted by Crippen LogP contribution is -2.29. The summed E-state index contributed by atoms with van der Waals surface area (Å²) in [6, 6.07) is 8.70. The van der Waals surface area contributed by atoms with Crippen LogP contribution in [0, 0.1) is 0 Å². The topological polar surface area (TPSA) is 41.5 Å². The molecule has 1 aromatic rings. The van der Waals surface area contributed by atoms with Crippen LogP contribution < -0.4 is 5.32 Å². The van der Waals surface area contributed by atoms with Gasteiger partial charge in [0.1, 0.15) is 0 Å². The van der Waals surface area contributed by atoms with Gasteiger partial charge in [-0.2, -0.15) is 0 Å². The van der Waals surface area contributed by atoms with Crippen LogP contribution in [0.15, 0.2) is 24.3 Å². The molecule has 0 amide bonds. The van der Waals surface area contributed by atoms with Crippen molar-refractivity contribution in [3.8, 4) is 0 Å². The number of nitrogens with one attached hydrogen (secondary N) is 1. The standard InChI is InChI=1S/C13H19NO2/c15-8-7-11-3-5-12(6-4-11)14-13-2-1-9-16-10-13/h3-6,13-15H,1-2,7-10H2. The third kappa shape index (κ3) is 3.22. The molecule has 0 spiro atoms. The first kappa shape index (κ1) is 11.4. The van der Waals surface area contributed by atoms with Crippen LogP contribution in [0.3, 0.4) is 0 Å². The van der Waals surface area contributed by atoms with Crippen molar-refractivity contribution in [1.29, 1.82) is 0 Å². The maximum atomic E-state index is 8.82. The normalized spacial score (nSPS) is 20.7. The van der Waals surface area contributed by atoms with Crippen molar-refractivity contribution >= 4 is 5.69 Å². The molecule has 1 heterocycles. The Morgan fingerprint density at radius 2 is 2.12 bits per heavy atom. The summed E-state index contributed by atoms with van der Waals surface area (Å²) in [5.74, 6) is 0. The molecule has 16 heavy (non-hydrogen) atoms. The van der Waals surface area contributed by atoms with E-state index < -0.39 is 0 Å². The molecule has 1 unspecified atom stereocenters. The van der Waals surface area contributed by atoms with E-state index in [9.17, 15) is 0 Å². The SMILES string of the molecule is OCCc1ccc(NC2CCCOC2)cc1. The van der Waals surface area contributed by atoms with Gasteiger partial charge in [0, 0.05) is 24.9 Å². The first-order chi connectivity index (χ1) is 7.88. The molecule has 1 fully saturated rings. The predicted octanol–water partition coefficient (Wildman–Crippen LogP) is 1.81. The minimum absolute atomic E-state index is 0.212. The van der Waals surface area contributed by atoms with Crippen molar-refractivity contribution in [3.63, 3.8) is 0 Å². The summed E-state index contributed by atoms with van der Waals surface area (Å²) in [6.07, 6.45) is 3.05. The Labute approximate surface area is 96.4 Å². The van der Waals surface area contributed by atoms with Crippen LogP contribution >= 0.6 is 0 Å². The van der Waals surface area contributed by atoms with Crippen molar-refractivity contribution in [2.45, 2.75) is 25.3 Å². The van der Waals surface area contributed by atoms with Gasteiger partial charge in [-0.1, -0.05) is 12.1 Å². The molecule has 3 heteroatoms. The van der Waals surface area contributed by atoms with E-state index in [2.05, 4.69) is 29.6 Å². The number of aliphatic hydroxyl groups is 1. The van der Waals surface area contributed by atoms with Gasteiger partial charge in [0.15, 0.2) is 0 Å². The van der Waals surface area contributed by atoms with Crippen molar-refractivity contribution in [2.24, 2.45) is 0 Å². The van der Waals surface area contributed by atoms with Crippen molar-refractivity contribution in [1.82, 2.24) is 0 Å². The Hall–Kier alpha value is -1.06. The Morgan fingerprint density at radius 1 is 1.31 bits per heavy atom. The van der Waals surface area contributed by atoms with Crippen molar-refractivity contribution in [3.05, 3.63) is 29.8 Å². The van der Waals surface area contributed by atoms with Gasteiger partial charge in [-0.3, -0.25) is 0 Å². The minimum Gasteiger partial charge on any atom is -0.396 e. The molecule has 1 saturated heterocycles. The number of benzene rings is 1.